The van der Waals surface area contributed by atoms with Gasteiger partial charge in [0.1, 0.15) is 17.6 Å². The number of amides is 2. The molecule has 6 nitrogen and oxygen atoms in total. The lowest BCUT2D eigenvalue weighted by Gasteiger charge is -2.34. The zero-order valence-electron chi connectivity index (χ0n) is 13.7. The Labute approximate surface area is 140 Å². The minimum absolute atomic E-state index is 0.190. The van der Waals surface area contributed by atoms with Crippen molar-refractivity contribution in [1.82, 2.24) is 4.90 Å². The summed E-state index contributed by atoms with van der Waals surface area (Å²) in [6.45, 7) is 0.528. The summed E-state index contributed by atoms with van der Waals surface area (Å²) in [5, 5.41) is 13.4. The van der Waals surface area contributed by atoms with Gasteiger partial charge in [0, 0.05) is 16.8 Å². The number of nitrogens with one attached hydrogen (secondary N) is 1. The number of carbonyl (C=O) groups is 1. The molecule has 2 amide bonds. The molecule has 126 valence electrons. The van der Waals surface area contributed by atoms with Crippen molar-refractivity contribution in [2.75, 3.05) is 26.1 Å². The van der Waals surface area contributed by atoms with Gasteiger partial charge >= 0.3 is 6.03 Å². The number of para-hydroxylation sites is 1. The average Bonchev–Trinajstić information content (AvgIpc) is 2.61. The molecule has 0 saturated carbocycles. The van der Waals surface area contributed by atoms with Crippen LogP contribution in [0.1, 0.15) is 17.2 Å². The molecule has 0 aliphatic carbocycles. The molecule has 1 atom stereocenters. The number of fused-ring (bicyclic) bond motifs is 1. The molecule has 0 fully saturated rings. The molecule has 3 rings (SSSR count). The minimum Gasteiger partial charge on any atom is -0.496 e. The molecule has 2 aromatic carbocycles. The van der Waals surface area contributed by atoms with Gasteiger partial charge in [0.25, 0.3) is 0 Å². The third-order valence-electron chi connectivity index (χ3n) is 4.10. The number of β-amino-alcohol motifs (C(OH)–C–C–N with tert-alkyl or cyclic N) is 1. The number of aliphatic hydroxyl groups excluding tert-OH is 1. The second-order valence-electron chi connectivity index (χ2n) is 5.55. The van der Waals surface area contributed by atoms with Gasteiger partial charge in [-0.3, -0.25) is 0 Å². The largest absolute Gasteiger partial charge is 0.496 e. The predicted molar refractivity (Wildman–Crippen MR) is 90.4 cm³/mol. The summed E-state index contributed by atoms with van der Waals surface area (Å²) in [6, 6.07) is 12.5. The van der Waals surface area contributed by atoms with E-state index < -0.39 is 6.10 Å². The van der Waals surface area contributed by atoms with Crippen molar-refractivity contribution in [2.24, 2.45) is 0 Å². The van der Waals surface area contributed by atoms with E-state index in [0.29, 0.717) is 29.3 Å². The quantitative estimate of drug-likeness (QED) is 0.909. The molecule has 2 aromatic rings. The lowest BCUT2D eigenvalue weighted by molar-refractivity contribution is 0.105. The fraction of sp³-hybridized carbons (Fsp3) is 0.278. The lowest BCUT2D eigenvalue weighted by atomic mass is 9.95. The van der Waals surface area contributed by atoms with Gasteiger partial charge < -0.3 is 24.8 Å². The number of benzene rings is 2. The van der Waals surface area contributed by atoms with Crippen molar-refractivity contribution in [3.63, 3.8) is 0 Å². The van der Waals surface area contributed by atoms with E-state index in [0.717, 1.165) is 5.56 Å². The predicted octanol–water partition coefficient (Wildman–Crippen LogP) is 2.78. The molecular formula is C18H20N2O4. The SMILES string of the molecule is COc1ccc(OC)c2c1CN(C(=O)Nc1ccccc1)CC2O. The Bertz CT molecular complexity index is 733. The van der Waals surface area contributed by atoms with E-state index in [4.69, 9.17) is 9.47 Å². The molecule has 1 unspecified atom stereocenters. The van der Waals surface area contributed by atoms with Gasteiger partial charge in [0.05, 0.1) is 27.3 Å². The van der Waals surface area contributed by atoms with Gasteiger partial charge in [-0.05, 0) is 24.3 Å². The first-order valence-corrected chi connectivity index (χ1v) is 7.66. The van der Waals surface area contributed by atoms with Gasteiger partial charge in [-0.2, -0.15) is 0 Å². The Balaban J connectivity index is 1.87. The summed E-state index contributed by atoms with van der Waals surface area (Å²) in [4.78, 5) is 14.1. The molecule has 1 aliphatic heterocycles. The number of hydrogen-bond donors (Lipinski definition) is 2. The van der Waals surface area contributed by atoms with Crippen LogP contribution in [0.3, 0.4) is 0 Å². The van der Waals surface area contributed by atoms with Crippen LogP contribution in [0.5, 0.6) is 11.5 Å². The molecule has 24 heavy (non-hydrogen) atoms. The first-order chi connectivity index (χ1) is 11.6. The molecular weight excluding hydrogens is 308 g/mol. The van der Waals surface area contributed by atoms with Crippen LogP contribution in [0.4, 0.5) is 10.5 Å². The second kappa shape index (κ2) is 6.80. The number of nitrogens with zero attached hydrogens (tertiary/aromatic N) is 1. The number of anilines is 1. The number of carbonyl (C=O) groups excluding carboxylic acids is 1. The van der Waals surface area contributed by atoms with E-state index in [2.05, 4.69) is 5.32 Å². The second-order valence-corrected chi connectivity index (χ2v) is 5.55. The van der Waals surface area contributed by atoms with Crippen molar-refractivity contribution < 1.29 is 19.4 Å². The van der Waals surface area contributed by atoms with Gasteiger partial charge in [-0.1, -0.05) is 18.2 Å². The molecule has 1 heterocycles. The summed E-state index contributed by atoms with van der Waals surface area (Å²) in [7, 11) is 3.13. The molecule has 1 aliphatic rings. The van der Waals surface area contributed by atoms with Crippen LogP contribution in [0, 0.1) is 0 Å². The van der Waals surface area contributed by atoms with Crippen LogP contribution in [0.15, 0.2) is 42.5 Å². The highest BCUT2D eigenvalue weighted by Gasteiger charge is 2.31. The van der Waals surface area contributed by atoms with E-state index in [1.165, 1.54) is 0 Å². The Morgan fingerprint density at radius 1 is 1.12 bits per heavy atom. The summed E-state index contributed by atoms with van der Waals surface area (Å²) >= 11 is 0. The number of methoxy groups -OCH3 is 2. The average molecular weight is 328 g/mol. The lowest BCUT2D eigenvalue weighted by Crippen LogP contribution is -2.41. The van der Waals surface area contributed by atoms with E-state index in [-0.39, 0.29) is 12.6 Å². The summed E-state index contributed by atoms with van der Waals surface area (Å²) in [5.41, 5.74) is 2.15. The van der Waals surface area contributed by atoms with E-state index in [9.17, 15) is 9.90 Å². The first-order valence-electron chi connectivity index (χ1n) is 7.66. The topological polar surface area (TPSA) is 71.0 Å². The van der Waals surface area contributed by atoms with Crippen molar-refractivity contribution in [2.45, 2.75) is 12.6 Å². The van der Waals surface area contributed by atoms with Crippen molar-refractivity contribution >= 4 is 11.7 Å². The maximum atomic E-state index is 12.5. The summed E-state index contributed by atoms with van der Waals surface area (Å²) in [5.74, 6) is 1.23. The van der Waals surface area contributed by atoms with Crippen LogP contribution in [0.2, 0.25) is 0 Å². The number of rotatable bonds is 3. The van der Waals surface area contributed by atoms with Crippen molar-refractivity contribution in [3.8, 4) is 11.5 Å². The Kier molecular flexibility index (Phi) is 4.57. The molecule has 0 spiro atoms. The maximum absolute atomic E-state index is 12.5. The molecule has 0 bridgehead atoms. The number of ether oxygens (including phenoxy) is 2. The van der Waals surface area contributed by atoms with Gasteiger partial charge in [-0.25, -0.2) is 4.79 Å². The third-order valence-corrected chi connectivity index (χ3v) is 4.10. The zero-order valence-corrected chi connectivity index (χ0v) is 13.7. The summed E-state index contributed by atoms with van der Waals surface area (Å²) < 4.78 is 10.7. The highest BCUT2D eigenvalue weighted by Crippen LogP contribution is 2.39. The van der Waals surface area contributed by atoms with Gasteiger partial charge in [0.15, 0.2) is 0 Å². The number of urea groups is 1. The van der Waals surface area contributed by atoms with Gasteiger partial charge in [0.2, 0.25) is 0 Å². The van der Waals surface area contributed by atoms with Crippen LogP contribution in [-0.2, 0) is 6.54 Å². The van der Waals surface area contributed by atoms with E-state index in [1.807, 2.05) is 30.3 Å². The molecule has 0 saturated heterocycles. The van der Waals surface area contributed by atoms with Crippen molar-refractivity contribution in [1.29, 1.82) is 0 Å². The van der Waals surface area contributed by atoms with Crippen LogP contribution in [-0.4, -0.2) is 36.8 Å². The fourth-order valence-corrected chi connectivity index (χ4v) is 2.96. The van der Waals surface area contributed by atoms with Crippen LogP contribution >= 0.6 is 0 Å². The third kappa shape index (κ3) is 3.00. The monoisotopic (exact) mass is 328 g/mol. The zero-order chi connectivity index (χ0) is 17.1. The smallest absolute Gasteiger partial charge is 0.322 e. The number of hydrogen-bond acceptors (Lipinski definition) is 4. The standard InChI is InChI=1S/C18H20N2O4/c1-23-15-8-9-16(24-2)17-13(15)10-20(11-14(17)21)18(22)19-12-6-4-3-5-7-12/h3-9,14,21H,10-11H2,1-2H3,(H,19,22). The van der Waals surface area contributed by atoms with Crippen molar-refractivity contribution in [3.05, 3.63) is 53.6 Å². The molecule has 2 N–H and O–H groups in total. The minimum atomic E-state index is -0.833. The van der Waals surface area contributed by atoms with E-state index >= 15 is 0 Å². The van der Waals surface area contributed by atoms with Crippen LogP contribution in [0.25, 0.3) is 0 Å². The fourth-order valence-electron chi connectivity index (χ4n) is 2.96. The molecule has 0 radical (unpaired) electrons. The Morgan fingerprint density at radius 2 is 1.79 bits per heavy atom. The maximum Gasteiger partial charge on any atom is 0.322 e. The Morgan fingerprint density at radius 3 is 2.46 bits per heavy atom. The van der Waals surface area contributed by atoms with E-state index in [1.54, 1.807) is 31.3 Å². The normalized spacial score (nSPS) is 16.3. The molecule has 6 heteroatoms. The highest BCUT2D eigenvalue weighted by atomic mass is 16.5. The molecule has 0 aromatic heterocycles. The Hall–Kier alpha value is -2.73. The first kappa shape index (κ1) is 16.1. The number of aliphatic hydroxyl groups is 1. The van der Waals surface area contributed by atoms with Crippen LogP contribution < -0.4 is 14.8 Å². The van der Waals surface area contributed by atoms with Gasteiger partial charge in [-0.15, -0.1) is 0 Å². The highest BCUT2D eigenvalue weighted by molar-refractivity contribution is 5.89. The summed E-state index contributed by atoms with van der Waals surface area (Å²) in [6.07, 6.45) is -0.833.